The molecule has 1 unspecified atom stereocenters. The minimum atomic E-state index is -0.506. The van der Waals surface area contributed by atoms with E-state index in [1.807, 2.05) is 6.07 Å². The van der Waals surface area contributed by atoms with Crippen molar-refractivity contribution in [3.05, 3.63) is 53.3 Å². The highest BCUT2D eigenvalue weighted by molar-refractivity contribution is 5.80. The predicted octanol–water partition coefficient (Wildman–Crippen LogP) is 2.32. The van der Waals surface area contributed by atoms with E-state index in [-0.39, 0.29) is 24.2 Å². The lowest BCUT2D eigenvalue weighted by molar-refractivity contribution is 0.0292. The van der Waals surface area contributed by atoms with Crippen molar-refractivity contribution in [3.63, 3.8) is 0 Å². The number of benzene rings is 2. The Labute approximate surface area is 164 Å². The van der Waals surface area contributed by atoms with Gasteiger partial charge in [0.05, 0.1) is 18.3 Å². The fraction of sp³-hybridized carbons (Fsp3) is 0.409. The maximum atomic E-state index is 14.3. The topological polar surface area (TPSA) is 68.5 Å². The summed E-state index contributed by atoms with van der Waals surface area (Å²) in [6, 6.07) is 12.9. The third-order valence-corrected chi connectivity index (χ3v) is 5.49. The van der Waals surface area contributed by atoms with Crippen LogP contribution in [0.25, 0.3) is 11.1 Å². The number of halogens is 1. The molecule has 0 saturated carbocycles. The van der Waals surface area contributed by atoms with Gasteiger partial charge in [0.1, 0.15) is 11.9 Å². The quantitative estimate of drug-likeness (QED) is 0.832. The standard InChI is InChI=1S/C22H24FN3O2/c23-21-9-17(2-3-18(21)10-24)20-8-15(7-19-11-25-5-6-28-19)1-4-22(20)26-12-16(13-26)14-27/h1-4,8-9,16,19,25,27H,5-7,11-14H2. The molecule has 0 spiro atoms. The Morgan fingerprint density at radius 1 is 1.25 bits per heavy atom. The summed E-state index contributed by atoms with van der Waals surface area (Å²) >= 11 is 0. The molecule has 4 rings (SSSR count). The number of nitrogens with zero attached hydrogens (tertiary/aromatic N) is 2. The zero-order valence-corrected chi connectivity index (χ0v) is 15.7. The van der Waals surface area contributed by atoms with Crippen LogP contribution in [0.3, 0.4) is 0 Å². The number of aliphatic hydroxyl groups is 1. The third-order valence-electron chi connectivity index (χ3n) is 5.49. The van der Waals surface area contributed by atoms with Gasteiger partial charge in [0.25, 0.3) is 0 Å². The first-order valence-electron chi connectivity index (χ1n) is 9.69. The molecule has 2 heterocycles. The minimum absolute atomic E-state index is 0.0485. The Morgan fingerprint density at radius 2 is 2.11 bits per heavy atom. The molecule has 0 aliphatic carbocycles. The van der Waals surface area contributed by atoms with Crippen LogP contribution in [0.5, 0.6) is 0 Å². The second-order valence-electron chi connectivity index (χ2n) is 7.51. The number of morpholine rings is 1. The molecule has 28 heavy (non-hydrogen) atoms. The fourth-order valence-electron chi connectivity index (χ4n) is 3.89. The third kappa shape index (κ3) is 3.88. The lowest BCUT2D eigenvalue weighted by Gasteiger charge is -2.41. The molecule has 1 atom stereocenters. The number of nitriles is 1. The molecule has 2 aromatic rings. The number of nitrogens with one attached hydrogen (secondary N) is 1. The number of hydrogen-bond donors (Lipinski definition) is 2. The summed E-state index contributed by atoms with van der Waals surface area (Å²) < 4.78 is 20.1. The van der Waals surface area contributed by atoms with E-state index in [0.29, 0.717) is 6.61 Å². The molecule has 0 aromatic heterocycles. The average molecular weight is 381 g/mol. The summed E-state index contributed by atoms with van der Waals surface area (Å²) in [5, 5.41) is 21.7. The number of hydrogen-bond acceptors (Lipinski definition) is 5. The molecule has 2 aliphatic rings. The Balaban J connectivity index is 1.66. The van der Waals surface area contributed by atoms with Crippen LogP contribution >= 0.6 is 0 Å². The van der Waals surface area contributed by atoms with Crippen LogP contribution in [0.15, 0.2) is 36.4 Å². The van der Waals surface area contributed by atoms with Crippen LogP contribution in [0.4, 0.5) is 10.1 Å². The van der Waals surface area contributed by atoms with Crippen LogP contribution in [-0.2, 0) is 11.2 Å². The maximum absolute atomic E-state index is 14.3. The van der Waals surface area contributed by atoms with Gasteiger partial charge in [-0.05, 0) is 41.8 Å². The number of rotatable bonds is 5. The summed E-state index contributed by atoms with van der Waals surface area (Å²) in [6.07, 6.45) is 0.922. The Hall–Kier alpha value is -2.46. The SMILES string of the molecule is N#Cc1ccc(-c2cc(CC3CNCCO3)ccc2N2CC(CO)C2)cc1F. The lowest BCUT2D eigenvalue weighted by atomic mass is 9.93. The molecule has 2 aromatic carbocycles. The summed E-state index contributed by atoms with van der Waals surface area (Å²) in [4.78, 5) is 2.20. The van der Waals surface area contributed by atoms with E-state index in [9.17, 15) is 9.50 Å². The highest BCUT2D eigenvalue weighted by Crippen LogP contribution is 2.36. The van der Waals surface area contributed by atoms with E-state index in [1.165, 1.54) is 12.1 Å². The van der Waals surface area contributed by atoms with Gasteiger partial charge in [-0.15, -0.1) is 0 Å². The van der Waals surface area contributed by atoms with Gasteiger partial charge in [-0.2, -0.15) is 5.26 Å². The summed E-state index contributed by atoms with van der Waals surface area (Å²) in [7, 11) is 0. The van der Waals surface area contributed by atoms with Gasteiger partial charge in [-0.1, -0.05) is 12.1 Å². The Bertz CT molecular complexity index is 884. The zero-order valence-electron chi connectivity index (χ0n) is 15.7. The van der Waals surface area contributed by atoms with Crippen molar-refractivity contribution in [1.82, 2.24) is 5.32 Å². The van der Waals surface area contributed by atoms with Crippen LogP contribution < -0.4 is 10.2 Å². The molecule has 2 N–H and O–H groups in total. The van der Waals surface area contributed by atoms with Crippen molar-refractivity contribution in [2.45, 2.75) is 12.5 Å². The largest absolute Gasteiger partial charge is 0.396 e. The average Bonchev–Trinajstić information content (AvgIpc) is 2.69. The zero-order chi connectivity index (χ0) is 19.5. The predicted molar refractivity (Wildman–Crippen MR) is 106 cm³/mol. The molecule has 6 heteroatoms. The van der Waals surface area contributed by atoms with Gasteiger partial charge in [0.15, 0.2) is 0 Å². The van der Waals surface area contributed by atoms with Gasteiger partial charge < -0.3 is 20.1 Å². The van der Waals surface area contributed by atoms with E-state index in [4.69, 9.17) is 10.00 Å². The van der Waals surface area contributed by atoms with Gasteiger partial charge in [-0.25, -0.2) is 4.39 Å². The lowest BCUT2D eigenvalue weighted by Crippen LogP contribution is -2.48. The molecule has 2 aliphatic heterocycles. The van der Waals surface area contributed by atoms with Crippen molar-refractivity contribution < 1.29 is 14.2 Å². The van der Waals surface area contributed by atoms with Crippen LogP contribution in [0, 0.1) is 23.1 Å². The molecule has 146 valence electrons. The first kappa shape index (κ1) is 18.9. The molecular weight excluding hydrogens is 357 g/mol. The molecule has 2 fully saturated rings. The minimum Gasteiger partial charge on any atom is -0.396 e. The fourth-order valence-corrected chi connectivity index (χ4v) is 3.89. The molecule has 0 bridgehead atoms. The van der Waals surface area contributed by atoms with Crippen LogP contribution in [0.1, 0.15) is 11.1 Å². The van der Waals surface area contributed by atoms with Gasteiger partial charge in [0.2, 0.25) is 0 Å². The van der Waals surface area contributed by atoms with Gasteiger partial charge >= 0.3 is 0 Å². The molecule has 5 nitrogen and oxygen atoms in total. The van der Waals surface area contributed by atoms with Crippen LogP contribution in [-0.4, -0.2) is 50.6 Å². The first-order valence-corrected chi connectivity index (χ1v) is 9.69. The van der Waals surface area contributed by atoms with E-state index < -0.39 is 5.82 Å². The monoisotopic (exact) mass is 381 g/mol. The van der Waals surface area contributed by atoms with E-state index in [0.717, 1.165) is 55.0 Å². The Kier molecular flexibility index (Phi) is 5.58. The summed E-state index contributed by atoms with van der Waals surface area (Å²) in [6.45, 7) is 4.18. The second-order valence-corrected chi connectivity index (χ2v) is 7.51. The second kappa shape index (κ2) is 8.27. The Morgan fingerprint density at radius 3 is 2.79 bits per heavy atom. The van der Waals surface area contributed by atoms with Crippen molar-refractivity contribution in [2.24, 2.45) is 5.92 Å². The smallest absolute Gasteiger partial charge is 0.141 e. The van der Waals surface area contributed by atoms with Crippen LogP contribution in [0.2, 0.25) is 0 Å². The highest BCUT2D eigenvalue weighted by Gasteiger charge is 2.28. The number of anilines is 1. The normalized spacial score (nSPS) is 19.9. The molecule has 0 amide bonds. The van der Waals surface area contributed by atoms with Crippen molar-refractivity contribution in [2.75, 3.05) is 44.3 Å². The van der Waals surface area contributed by atoms with Crippen molar-refractivity contribution >= 4 is 5.69 Å². The molecule has 2 saturated heterocycles. The highest BCUT2D eigenvalue weighted by atomic mass is 19.1. The van der Waals surface area contributed by atoms with Gasteiger partial charge in [0, 0.05) is 50.0 Å². The van der Waals surface area contributed by atoms with E-state index >= 15 is 0 Å². The van der Waals surface area contributed by atoms with Crippen molar-refractivity contribution in [1.29, 1.82) is 5.26 Å². The molecular formula is C22H24FN3O2. The number of aliphatic hydroxyl groups excluding tert-OH is 1. The summed E-state index contributed by atoms with van der Waals surface area (Å²) in [5.41, 5.74) is 3.91. The van der Waals surface area contributed by atoms with Gasteiger partial charge in [-0.3, -0.25) is 0 Å². The molecule has 0 radical (unpaired) electrons. The maximum Gasteiger partial charge on any atom is 0.141 e. The van der Waals surface area contributed by atoms with E-state index in [2.05, 4.69) is 28.4 Å². The number of ether oxygens (including phenoxy) is 1. The summed E-state index contributed by atoms with van der Waals surface area (Å²) in [5.74, 6) is -0.222. The van der Waals surface area contributed by atoms with Crippen molar-refractivity contribution in [3.8, 4) is 17.2 Å². The first-order chi connectivity index (χ1) is 13.7. The van der Waals surface area contributed by atoms with E-state index in [1.54, 1.807) is 6.07 Å².